The Hall–Kier alpha value is -3.38. The maximum atomic E-state index is 11.7. The monoisotopic (exact) mass is 416 g/mol. The van der Waals surface area contributed by atoms with Crippen LogP contribution in [-0.2, 0) is 19.1 Å². The average Bonchev–Trinajstić information content (AvgIpc) is 3.22. The minimum absolute atomic E-state index is 0.0651. The average molecular weight is 416 g/mol. The van der Waals surface area contributed by atoms with E-state index >= 15 is 0 Å². The SMILES string of the molecule is [C-]#[N+]C1([N+]#[C-])CC2=C(COC(C)=O)C(=C)CC2=C(COC(C)=O)[C@@H]2C1=C[C@H]1C=CC2C1. The Labute approximate surface area is 182 Å². The van der Waals surface area contributed by atoms with Crippen LogP contribution in [0, 0.1) is 30.9 Å². The first-order chi connectivity index (χ1) is 14.8. The molecule has 0 saturated carbocycles. The predicted molar refractivity (Wildman–Crippen MR) is 114 cm³/mol. The molecular formula is C25H24N2O4. The van der Waals surface area contributed by atoms with E-state index in [1.54, 1.807) is 0 Å². The lowest BCUT2D eigenvalue weighted by atomic mass is 9.70. The van der Waals surface area contributed by atoms with Crippen molar-refractivity contribution >= 4 is 11.9 Å². The maximum Gasteiger partial charge on any atom is 0.510 e. The molecule has 4 aliphatic carbocycles. The summed E-state index contributed by atoms with van der Waals surface area (Å²) in [4.78, 5) is 30.9. The van der Waals surface area contributed by atoms with Crippen LogP contribution in [0.5, 0.6) is 0 Å². The van der Waals surface area contributed by atoms with Crippen molar-refractivity contribution in [2.75, 3.05) is 13.2 Å². The number of allylic oxidation sites excluding steroid dienone is 4. The van der Waals surface area contributed by atoms with Crippen LogP contribution in [0.3, 0.4) is 0 Å². The Morgan fingerprint density at radius 2 is 1.81 bits per heavy atom. The van der Waals surface area contributed by atoms with Gasteiger partial charge in [0.05, 0.1) is 0 Å². The summed E-state index contributed by atoms with van der Waals surface area (Å²) in [5.41, 5.74) is 3.82. The molecule has 4 rings (SSSR count). The zero-order valence-electron chi connectivity index (χ0n) is 17.7. The second-order valence-corrected chi connectivity index (χ2v) is 8.57. The molecule has 31 heavy (non-hydrogen) atoms. The van der Waals surface area contributed by atoms with Crippen molar-refractivity contribution in [3.05, 3.63) is 81.1 Å². The number of hydrogen-bond donors (Lipinski definition) is 0. The first kappa shape index (κ1) is 20.9. The van der Waals surface area contributed by atoms with Gasteiger partial charge in [-0.15, -0.1) is 0 Å². The highest BCUT2D eigenvalue weighted by molar-refractivity contribution is 5.68. The van der Waals surface area contributed by atoms with Gasteiger partial charge in [0, 0.05) is 19.8 Å². The Morgan fingerprint density at radius 3 is 2.45 bits per heavy atom. The summed E-state index contributed by atoms with van der Waals surface area (Å²) in [6.45, 7) is 23.1. The number of rotatable bonds is 4. The molecule has 0 spiro atoms. The first-order valence-electron chi connectivity index (χ1n) is 10.4. The van der Waals surface area contributed by atoms with Crippen LogP contribution in [0.2, 0.25) is 0 Å². The molecule has 0 saturated heterocycles. The number of ether oxygens (including phenoxy) is 2. The standard InChI is InChI=1S/C25H24N2O4/c1-14-8-19-20(21(14)12-30-15(2)28)11-25(26-4,27-5)23-10-17-6-7-18(9-17)24(23)22(19)13-31-16(3)29/h6-7,10,17-18,24H,1,8-9,11-13H2,2-3H3/t17-,18?,24+/m0/s1. The van der Waals surface area contributed by atoms with Gasteiger partial charge in [0.1, 0.15) is 25.2 Å². The summed E-state index contributed by atoms with van der Waals surface area (Å²) in [7, 11) is 0. The summed E-state index contributed by atoms with van der Waals surface area (Å²) in [5, 5.41) is 0. The van der Waals surface area contributed by atoms with E-state index in [0.717, 1.165) is 39.9 Å². The van der Waals surface area contributed by atoms with E-state index in [0.29, 0.717) is 6.42 Å². The van der Waals surface area contributed by atoms with Crippen LogP contribution in [0.15, 0.2) is 58.2 Å². The van der Waals surface area contributed by atoms with Gasteiger partial charge in [-0.25, -0.2) is 22.8 Å². The minimum Gasteiger partial charge on any atom is -0.461 e. The highest BCUT2D eigenvalue weighted by Gasteiger charge is 2.59. The molecule has 0 amide bonds. The fourth-order valence-corrected chi connectivity index (χ4v) is 5.35. The number of hydrogen-bond acceptors (Lipinski definition) is 4. The molecule has 0 N–H and O–H groups in total. The fraction of sp³-hybridized carbons (Fsp3) is 0.440. The molecule has 0 fully saturated rings. The second kappa shape index (κ2) is 7.71. The van der Waals surface area contributed by atoms with Crippen LogP contribution in [0.1, 0.15) is 33.1 Å². The van der Waals surface area contributed by atoms with Crippen LogP contribution >= 0.6 is 0 Å². The van der Waals surface area contributed by atoms with Crippen molar-refractivity contribution in [1.82, 2.24) is 0 Å². The van der Waals surface area contributed by atoms with Gasteiger partial charge >= 0.3 is 17.6 Å². The lowest BCUT2D eigenvalue weighted by Gasteiger charge is -2.31. The van der Waals surface area contributed by atoms with E-state index in [9.17, 15) is 9.59 Å². The van der Waals surface area contributed by atoms with Crippen LogP contribution in [0.25, 0.3) is 9.69 Å². The Balaban J connectivity index is 1.94. The largest absolute Gasteiger partial charge is 0.510 e. The molecule has 0 aromatic rings. The highest BCUT2D eigenvalue weighted by atomic mass is 16.5. The van der Waals surface area contributed by atoms with Gasteiger partial charge in [-0.2, -0.15) is 0 Å². The lowest BCUT2D eigenvalue weighted by Crippen LogP contribution is -2.34. The molecule has 0 heterocycles. The van der Waals surface area contributed by atoms with E-state index in [4.69, 9.17) is 22.6 Å². The third kappa shape index (κ3) is 3.43. The summed E-state index contributed by atoms with van der Waals surface area (Å²) in [6.07, 6.45) is 8.09. The van der Waals surface area contributed by atoms with E-state index in [2.05, 4.69) is 34.5 Å². The number of fused-ring (bicyclic) bond motifs is 5. The van der Waals surface area contributed by atoms with Crippen molar-refractivity contribution in [3.63, 3.8) is 0 Å². The van der Waals surface area contributed by atoms with Crippen molar-refractivity contribution in [2.24, 2.45) is 17.8 Å². The summed E-state index contributed by atoms with van der Waals surface area (Å²) in [5.74, 6) is -0.543. The van der Waals surface area contributed by atoms with Gasteiger partial charge in [-0.3, -0.25) is 9.59 Å². The van der Waals surface area contributed by atoms with E-state index in [1.807, 2.05) is 0 Å². The minimum atomic E-state index is -1.36. The molecule has 1 unspecified atom stereocenters. The Morgan fingerprint density at radius 1 is 1.13 bits per heavy atom. The van der Waals surface area contributed by atoms with Crippen molar-refractivity contribution in [2.45, 2.75) is 38.8 Å². The summed E-state index contributed by atoms with van der Waals surface area (Å²) in [6, 6.07) is 0. The number of nitrogens with zero attached hydrogens (tertiary/aromatic N) is 2. The fourth-order valence-electron chi connectivity index (χ4n) is 5.35. The molecule has 2 bridgehead atoms. The number of esters is 2. The molecule has 0 aromatic heterocycles. The predicted octanol–water partition coefficient (Wildman–Crippen LogP) is 4.35. The molecule has 0 aliphatic heterocycles. The third-order valence-corrected chi connectivity index (χ3v) is 6.72. The van der Waals surface area contributed by atoms with Crippen molar-refractivity contribution in [1.29, 1.82) is 0 Å². The molecule has 4 aliphatic rings. The van der Waals surface area contributed by atoms with Gasteiger partial charge < -0.3 is 9.47 Å². The quantitative estimate of drug-likeness (QED) is 0.388. The summed E-state index contributed by atoms with van der Waals surface area (Å²) < 4.78 is 10.7. The zero-order valence-corrected chi connectivity index (χ0v) is 17.7. The van der Waals surface area contributed by atoms with Crippen molar-refractivity contribution < 1.29 is 19.1 Å². The van der Waals surface area contributed by atoms with E-state index in [1.165, 1.54) is 13.8 Å². The zero-order chi connectivity index (χ0) is 22.3. The highest BCUT2D eigenvalue weighted by Crippen LogP contribution is 2.56. The number of carbonyl (C=O) groups is 2. The van der Waals surface area contributed by atoms with Gasteiger partial charge in [0.15, 0.2) is 0 Å². The molecule has 0 aromatic carbocycles. The van der Waals surface area contributed by atoms with Gasteiger partial charge in [-0.1, -0.05) is 24.8 Å². The van der Waals surface area contributed by atoms with Crippen LogP contribution in [-0.4, -0.2) is 30.8 Å². The van der Waals surface area contributed by atoms with Gasteiger partial charge in [0.2, 0.25) is 0 Å². The molecular weight excluding hydrogens is 392 g/mol. The van der Waals surface area contributed by atoms with Gasteiger partial charge in [-0.05, 0) is 52.5 Å². The Bertz CT molecular complexity index is 1080. The molecule has 0 radical (unpaired) electrons. The second-order valence-electron chi connectivity index (χ2n) is 8.57. The number of carbonyl (C=O) groups excluding carboxylic acids is 2. The first-order valence-corrected chi connectivity index (χ1v) is 10.4. The van der Waals surface area contributed by atoms with Gasteiger partial charge in [0.25, 0.3) is 0 Å². The molecule has 6 heteroatoms. The smallest absolute Gasteiger partial charge is 0.461 e. The Kier molecular flexibility index (Phi) is 5.19. The van der Waals surface area contributed by atoms with E-state index in [-0.39, 0.29) is 43.4 Å². The lowest BCUT2D eigenvalue weighted by molar-refractivity contribution is -0.141. The molecule has 158 valence electrons. The maximum absolute atomic E-state index is 11.7. The topological polar surface area (TPSA) is 61.3 Å². The van der Waals surface area contributed by atoms with Crippen LogP contribution < -0.4 is 0 Å². The molecule has 3 atom stereocenters. The summed E-state index contributed by atoms with van der Waals surface area (Å²) >= 11 is 0. The molecule has 6 nitrogen and oxygen atoms in total. The van der Waals surface area contributed by atoms with Crippen LogP contribution in [0.4, 0.5) is 0 Å². The normalized spacial score (nSPS) is 27.5. The third-order valence-electron chi connectivity index (χ3n) is 6.72. The van der Waals surface area contributed by atoms with Crippen molar-refractivity contribution in [3.8, 4) is 0 Å². The van der Waals surface area contributed by atoms with E-state index < -0.39 is 11.6 Å².